The maximum Gasteiger partial charge on any atom is 0.341 e. The van der Waals surface area contributed by atoms with Gasteiger partial charge in [0.25, 0.3) is 5.91 Å². The zero-order chi connectivity index (χ0) is 22.0. The van der Waals surface area contributed by atoms with Crippen LogP contribution in [-0.4, -0.2) is 34.9 Å². The molecule has 2 aromatic carbocycles. The third kappa shape index (κ3) is 4.33. The van der Waals surface area contributed by atoms with Crippen molar-refractivity contribution in [1.82, 2.24) is 9.91 Å². The number of rotatable bonds is 3. The van der Waals surface area contributed by atoms with Crippen LogP contribution < -0.4 is 5.84 Å². The van der Waals surface area contributed by atoms with E-state index in [1.807, 2.05) is 37.3 Å². The van der Waals surface area contributed by atoms with Crippen molar-refractivity contribution in [2.75, 3.05) is 13.1 Å². The van der Waals surface area contributed by atoms with E-state index in [0.29, 0.717) is 36.1 Å². The molecule has 1 aliphatic heterocycles. The SMILES string of the molecule is Cc1ccc(C(=O)N(N)C(=O)N2CCC(c3ccc(C#N)cc3)CC2)c(C2CCC2)c1. The number of carbonyl (C=O) groups is 2. The molecule has 2 N–H and O–H groups in total. The van der Waals surface area contributed by atoms with Crippen LogP contribution in [-0.2, 0) is 0 Å². The minimum absolute atomic E-state index is 0.334. The number of nitriles is 1. The van der Waals surface area contributed by atoms with Gasteiger partial charge in [0.15, 0.2) is 0 Å². The Hall–Kier alpha value is -3.17. The number of aryl methyl sites for hydroxylation is 1. The highest BCUT2D eigenvalue weighted by atomic mass is 16.2. The highest BCUT2D eigenvalue weighted by Crippen LogP contribution is 2.38. The molecule has 0 atom stereocenters. The molecule has 6 nitrogen and oxygen atoms in total. The van der Waals surface area contributed by atoms with Crippen molar-refractivity contribution in [3.8, 4) is 6.07 Å². The molecule has 2 aromatic rings. The Balaban J connectivity index is 1.41. The second-order valence-electron chi connectivity index (χ2n) is 8.67. The highest BCUT2D eigenvalue weighted by molar-refractivity contribution is 6.04. The van der Waals surface area contributed by atoms with Crippen LogP contribution in [0.25, 0.3) is 0 Å². The predicted molar refractivity (Wildman–Crippen MR) is 118 cm³/mol. The first kappa shape index (κ1) is 21.1. The molecule has 3 amide bonds. The molecule has 0 radical (unpaired) electrons. The van der Waals surface area contributed by atoms with E-state index in [4.69, 9.17) is 11.1 Å². The van der Waals surface area contributed by atoms with Crippen molar-refractivity contribution in [3.63, 3.8) is 0 Å². The Morgan fingerprint density at radius 3 is 2.29 bits per heavy atom. The van der Waals surface area contributed by atoms with E-state index in [9.17, 15) is 9.59 Å². The molecule has 2 fully saturated rings. The van der Waals surface area contributed by atoms with Gasteiger partial charge in [0, 0.05) is 18.7 Å². The van der Waals surface area contributed by atoms with Gasteiger partial charge in [-0.25, -0.2) is 10.6 Å². The molecule has 0 bridgehead atoms. The quantitative estimate of drug-likeness (QED) is 0.455. The maximum absolute atomic E-state index is 13.1. The van der Waals surface area contributed by atoms with Crippen LogP contribution in [0.2, 0.25) is 0 Å². The number of nitrogens with two attached hydrogens (primary N) is 1. The lowest BCUT2D eigenvalue weighted by Crippen LogP contribution is -2.52. The number of hydrogen-bond donors (Lipinski definition) is 1. The summed E-state index contributed by atoms with van der Waals surface area (Å²) in [5.41, 5.74) is 4.48. The molecule has 31 heavy (non-hydrogen) atoms. The van der Waals surface area contributed by atoms with Gasteiger partial charge in [-0.3, -0.25) is 4.79 Å². The molecule has 1 saturated heterocycles. The summed E-state index contributed by atoms with van der Waals surface area (Å²) in [7, 11) is 0. The fourth-order valence-corrected chi connectivity index (χ4v) is 4.54. The Morgan fingerprint density at radius 1 is 1.03 bits per heavy atom. The summed E-state index contributed by atoms with van der Waals surface area (Å²) < 4.78 is 0. The van der Waals surface area contributed by atoms with Crippen LogP contribution in [0.4, 0.5) is 4.79 Å². The molecule has 0 spiro atoms. The van der Waals surface area contributed by atoms with Crippen LogP contribution >= 0.6 is 0 Å². The van der Waals surface area contributed by atoms with Crippen LogP contribution in [0, 0.1) is 18.3 Å². The van der Waals surface area contributed by atoms with E-state index >= 15 is 0 Å². The average Bonchev–Trinajstić information content (AvgIpc) is 2.77. The molecular formula is C25H28N4O2. The molecule has 2 aliphatic rings. The molecule has 1 heterocycles. The Kier molecular flexibility index (Phi) is 6.06. The van der Waals surface area contributed by atoms with E-state index < -0.39 is 11.9 Å². The number of hydrogen-bond acceptors (Lipinski definition) is 4. The van der Waals surface area contributed by atoms with Gasteiger partial charge in [-0.2, -0.15) is 10.3 Å². The second-order valence-corrected chi connectivity index (χ2v) is 8.67. The third-order valence-corrected chi connectivity index (χ3v) is 6.68. The summed E-state index contributed by atoms with van der Waals surface area (Å²) in [6.07, 6.45) is 4.93. The van der Waals surface area contributed by atoms with Crippen molar-refractivity contribution in [1.29, 1.82) is 5.26 Å². The zero-order valence-electron chi connectivity index (χ0n) is 17.9. The molecule has 0 unspecified atom stereocenters. The monoisotopic (exact) mass is 416 g/mol. The van der Waals surface area contributed by atoms with Crippen LogP contribution in [0.1, 0.15) is 76.6 Å². The second kappa shape index (κ2) is 8.91. The third-order valence-electron chi connectivity index (χ3n) is 6.68. The number of imide groups is 1. The van der Waals surface area contributed by atoms with Crippen molar-refractivity contribution >= 4 is 11.9 Å². The summed E-state index contributed by atoms with van der Waals surface area (Å²) in [6, 6.07) is 15.1. The predicted octanol–water partition coefficient (Wildman–Crippen LogP) is 4.45. The standard InChI is InChI=1S/C25H28N4O2/c1-17-5-10-22(23(15-17)21-3-2-4-21)24(30)29(27)25(31)28-13-11-20(12-14-28)19-8-6-18(16-26)7-9-19/h5-10,15,20-21H,2-4,11-14,27H2,1H3. The maximum atomic E-state index is 13.1. The lowest BCUT2D eigenvalue weighted by Gasteiger charge is -2.34. The Morgan fingerprint density at radius 2 is 1.71 bits per heavy atom. The fourth-order valence-electron chi connectivity index (χ4n) is 4.54. The van der Waals surface area contributed by atoms with E-state index in [1.165, 1.54) is 12.0 Å². The number of nitrogens with zero attached hydrogens (tertiary/aromatic N) is 3. The number of likely N-dealkylation sites (tertiary alicyclic amines) is 1. The summed E-state index contributed by atoms with van der Waals surface area (Å²) >= 11 is 0. The van der Waals surface area contributed by atoms with E-state index in [0.717, 1.165) is 41.8 Å². The first-order valence-electron chi connectivity index (χ1n) is 11.0. The van der Waals surface area contributed by atoms with Crippen molar-refractivity contribution in [2.45, 2.75) is 50.9 Å². The lowest BCUT2D eigenvalue weighted by atomic mass is 9.77. The van der Waals surface area contributed by atoms with Crippen molar-refractivity contribution in [3.05, 3.63) is 70.3 Å². The van der Waals surface area contributed by atoms with Gasteiger partial charge >= 0.3 is 6.03 Å². The van der Waals surface area contributed by atoms with Gasteiger partial charge in [-0.15, -0.1) is 0 Å². The Bertz CT molecular complexity index is 1010. The molecule has 4 rings (SSSR count). The van der Waals surface area contributed by atoms with Gasteiger partial charge in [0.05, 0.1) is 11.6 Å². The van der Waals surface area contributed by atoms with Crippen molar-refractivity contribution < 1.29 is 9.59 Å². The lowest BCUT2D eigenvalue weighted by molar-refractivity contribution is 0.0743. The smallest absolute Gasteiger partial charge is 0.323 e. The van der Waals surface area contributed by atoms with E-state index in [1.54, 1.807) is 11.0 Å². The number of hydrazine groups is 1. The first-order valence-corrected chi connectivity index (χ1v) is 11.0. The van der Waals surface area contributed by atoms with Gasteiger partial charge in [0.2, 0.25) is 0 Å². The molecule has 160 valence electrons. The van der Waals surface area contributed by atoms with Gasteiger partial charge in [0.1, 0.15) is 0 Å². The molecule has 1 aliphatic carbocycles. The molecule has 6 heteroatoms. The largest absolute Gasteiger partial charge is 0.341 e. The minimum atomic E-state index is -0.441. The number of carbonyl (C=O) groups excluding carboxylic acids is 2. The fraction of sp³-hybridized carbons (Fsp3) is 0.400. The van der Waals surface area contributed by atoms with Gasteiger partial charge < -0.3 is 4.90 Å². The molecule has 1 saturated carbocycles. The zero-order valence-corrected chi connectivity index (χ0v) is 17.9. The summed E-state index contributed by atoms with van der Waals surface area (Å²) in [4.78, 5) is 27.7. The summed E-state index contributed by atoms with van der Waals surface area (Å²) in [5, 5.41) is 9.74. The van der Waals surface area contributed by atoms with Gasteiger partial charge in [-0.05, 0) is 73.8 Å². The van der Waals surface area contributed by atoms with Gasteiger partial charge in [-0.1, -0.05) is 36.2 Å². The highest BCUT2D eigenvalue weighted by Gasteiger charge is 2.32. The van der Waals surface area contributed by atoms with Crippen LogP contribution in [0.15, 0.2) is 42.5 Å². The topological polar surface area (TPSA) is 90.4 Å². The summed E-state index contributed by atoms with van der Waals surface area (Å²) in [6.45, 7) is 3.11. The Labute approximate surface area is 183 Å². The van der Waals surface area contributed by atoms with Crippen LogP contribution in [0.3, 0.4) is 0 Å². The first-order chi connectivity index (χ1) is 15.0. The van der Waals surface area contributed by atoms with Crippen molar-refractivity contribution in [2.24, 2.45) is 5.84 Å². The van der Waals surface area contributed by atoms with Crippen LogP contribution in [0.5, 0.6) is 0 Å². The number of urea groups is 1. The number of benzene rings is 2. The minimum Gasteiger partial charge on any atom is -0.323 e. The van der Waals surface area contributed by atoms with E-state index in [-0.39, 0.29) is 0 Å². The summed E-state index contributed by atoms with van der Waals surface area (Å²) in [5.74, 6) is 6.31. The molecular weight excluding hydrogens is 388 g/mol. The average molecular weight is 417 g/mol. The van der Waals surface area contributed by atoms with E-state index in [2.05, 4.69) is 12.1 Å². The normalized spacial score (nSPS) is 17.0. The number of amides is 3. The number of piperidine rings is 1. The molecule has 0 aromatic heterocycles.